The van der Waals surface area contributed by atoms with Crippen molar-refractivity contribution in [2.45, 2.75) is 6.54 Å². The van der Waals surface area contributed by atoms with Crippen LogP contribution in [0.4, 0.5) is 5.69 Å². The fraction of sp³-hybridized carbons (Fsp3) is 0.188. The normalized spacial score (nSPS) is 15.1. The summed E-state index contributed by atoms with van der Waals surface area (Å²) in [6, 6.07) is 20.8. The number of para-hydroxylation sites is 1. The minimum atomic E-state index is 0.892. The van der Waals surface area contributed by atoms with Crippen molar-refractivity contribution in [2.24, 2.45) is 0 Å². The Morgan fingerprint density at radius 2 is 1.47 bits per heavy atom. The van der Waals surface area contributed by atoms with E-state index in [0.29, 0.717) is 0 Å². The Bertz CT molecular complexity index is 553. The molecule has 0 radical (unpaired) electrons. The summed E-state index contributed by atoms with van der Waals surface area (Å²) in [4.78, 5) is 4.47. The summed E-state index contributed by atoms with van der Waals surface area (Å²) in [6.07, 6.45) is 0. The standard InChI is InChI=1S/C16H16N2S/c19-16-17(13-14-7-3-1-4-8-14)11-12-18(16)15-9-5-2-6-10-15/h1-10H,11-13H2. The molecule has 2 nitrogen and oxygen atoms in total. The van der Waals surface area contributed by atoms with Gasteiger partial charge in [-0.1, -0.05) is 48.5 Å². The summed E-state index contributed by atoms with van der Waals surface area (Å²) in [5.41, 5.74) is 2.49. The molecule has 0 amide bonds. The van der Waals surface area contributed by atoms with Gasteiger partial charge in [-0.2, -0.15) is 0 Å². The van der Waals surface area contributed by atoms with E-state index in [9.17, 15) is 0 Å². The lowest BCUT2D eigenvalue weighted by atomic mass is 10.2. The predicted molar refractivity (Wildman–Crippen MR) is 83.2 cm³/mol. The molecule has 1 fully saturated rings. The second kappa shape index (κ2) is 5.41. The Kier molecular flexibility index (Phi) is 3.47. The molecule has 0 unspecified atom stereocenters. The molecular weight excluding hydrogens is 252 g/mol. The minimum Gasteiger partial charge on any atom is -0.343 e. The second-order valence-corrected chi connectivity index (χ2v) is 5.04. The number of rotatable bonds is 3. The zero-order valence-electron chi connectivity index (χ0n) is 10.7. The van der Waals surface area contributed by atoms with Gasteiger partial charge in [0.1, 0.15) is 0 Å². The Morgan fingerprint density at radius 3 is 2.16 bits per heavy atom. The van der Waals surface area contributed by atoms with Crippen molar-refractivity contribution in [3.63, 3.8) is 0 Å². The molecule has 2 aromatic rings. The lowest BCUT2D eigenvalue weighted by molar-refractivity contribution is 0.464. The van der Waals surface area contributed by atoms with Gasteiger partial charge in [0, 0.05) is 25.3 Å². The van der Waals surface area contributed by atoms with Crippen molar-refractivity contribution >= 4 is 23.0 Å². The van der Waals surface area contributed by atoms with Crippen molar-refractivity contribution in [2.75, 3.05) is 18.0 Å². The Hall–Kier alpha value is -1.87. The van der Waals surface area contributed by atoms with E-state index in [1.807, 2.05) is 12.1 Å². The molecule has 1 saturated heterocycles. The number of thiocarbonyl (C=S) groups is 1. The molecular formula is C16H16N2S. The Balaban J connectivity index is 1.73. The van der Waals surface area contributed by atoms with Gasteiger partial charge in [-0.05, 0) is 29.9 Å². The monoisotopic (exact) mass is 268 g/mol. The van der Waals surface area contributed by atoms with Gasteiger partial charge in [-0.25, -0.2) is 0 Å². The van der Waals surface area contributed by atoms with E-state index in [1.165, 1.54) is 11.3 Å². The van der Waals surface area contributed by atoms with E-state index < -0.39 is 0 Å². The maximum absolute atomic E-state index is 5.59. The summed E-state index contributed by atoms with van der Waals surface area (Å²) >= 11 is 5.59. The van der Waals surface area contributed by atoms with Gasteiger partial charge in [0.05, 0.1) is 0 Å². The highest BCUT2D eigenvalue weighted by Crippen LogP contribution is 2.21. The van der Waals surface area contributed by atoms with Gasteiger partial charge in [0.25, 0.3) is 0 Å². The SMILES string of the molecule is S=C1N(Cc2ccccc2)CCN1c1ccccc1. The van der Waals surface area contributed by atoms with Crippen molar-refractivity contribution in [1.82, 2.24) is 4.90 Å². The van der Waals surface area contributed by atoms with Gasteiger partial charge in [-0.15, -0.1) is 0 Å². The fourth-order valence-corrected chi connectivity index (χ4v) is 2.73. The predicted octanol–water partition coefficient (Wildman–Crippen LogP) is 3.29. The molecule has 0 aromatic heterocycles. The van der Waals surface area contributed by atoms with Crippen LogP contribution < -0.4 is 4.90 Å². The largest absolute Gasteiger partial charge is 0.343 e. The molecule has 0 spiro atoms. The lowest BCUT2D eigenvalue weighted by Gasteiger charge is -2.22. The first-order valence-electron chi connectivity index (χ1n) is 6.50. The van der Waals surface area contributed by atoms with Crippen LogP contribution in [0.5, 0.6) is 0 Å². The van der Waals surface area contributed by atoms with E-state index in [0.717, 1.165) is 24.7 Å². The molecule has 3 rings (SSSR count). The van der Waals surface area contributed by atoms with Crippen molar-refractivity contribution in [3.8, 4) is 0 Å². The van der Waals surface area contributed by atoms with E-state index in [-0.39, 0.29) is 0 Å². The van der Waals surface area contributed by atoms with Crippen LogP contribution in [0.25, 0.3) is 0 Å². The molecule has 1 aliphatic heterocycles. The molecule has 0 saturated carbocycles. The Morgan fingerprint density at radius 1 is 0.842 bits per heavy atom. The van der Waals surface area contributed by atoms with Gasteiger partial charge in [0.2, 0.25) is 0 Å². The molecule has 96 valence electrons. The number of hydrogen-bond acceptors (Lipinski definition) is 1. The van der Waals surface area contributed by atoms with Gasteiger partial charge < -0.3 is 9.80 Å². The molecule has 19 heavy (non-hydrogen) atoms. The fourth-order valence-electron chi connectivity index (χ4n) is 2.38. The summed E-state index contributed by atoms with van der Waals surface area (Å²) in [6.45, 7) is 2.85. The molecule has 0 bridgehead atoms. The molecule has 0 atom stereocenters. The average Bonchev–Trinajstić information content (AvgIpc) is 2.82. The van der Waals surface area contributed by atoms with Crippen LogP contribution in [-0.2, 0) is 6.54 Å². The van der Waals surface area contributed by atoms with Crippen LogP contribution in [0.3, 0.4) is 0 Å². The summed E-state index contributed by atoms with van der Waals surface area (Å²) in [7, 11) is 0. The first-order chi connectivity index (χ1) is 9.34. The van der Waals surface area contributed by atoms with Gasteiger partial charge in [0.15, 0.2) is 5.11 Å². The van der Waals surface area contributed by atoms with Crippen LogP contribution >= 0.6 is 12.2 Å². The molecule has 3 heteroatoms. The van der Waals surface area contributed by atoms with Crippen molar-refractivity contribution < 1.29 is 0 Å². The van der Waals surface area contributed by atoms with Crippen LogP contribution in [-0.4, -0.2) is 23.1 Å². The number of nitrogens with zero attached hydrogens (tertiary/aromatic N) is 2. The molecule has 0 aliphatic carbocycles. The van der Waals surface area contributed by atoms with Crippen LogP contribution in [0.15, 0.2) is 60.7 Å². The molecule has 0 N–H and O–H groups in total. The van der Waals surface area contributed by atoms with Gasteiger partial charge >= 0.3 is 0 Å². The third-order valence-electron chi connectivity index (χ3n) is 3.38. The minimum absolute atomic E-state index is 0.892. The highest BCUT2D eigenvalue weighted by Gasteiger charge is 2.25. The summed E-state index contributed by atoms with van der Waals surface area (Å²) < 4.78 is 0. The topological polar surface area (TPSA) is 6.48 Å². The van der Waals surface area contributed by atoms with Crippen molar-refractivity contribution in [3.05, 3.63) is 66.2 Å². The molecule has 1 aliphatic rings. The maximum atomic E-state index is 5.59. The highest BCUT2D eigenvalue weighted by atomic mass is 32.1. The highest BCUT2D eigenvalue weighted by molar-refractivity contribution is 7.80. The first kappa shape index (κ1) is 12.2. The van der Waals surface area contributed by atoms with E-state index in [4.69, 9.17) is 12.2 Å². The molecule has 2 aromatic carbocycles. The summed E-state index contributed by atoms with van der Waals surface area (Å²) in [5.74, 6) is 0. The second-order valence-electron chi connectivity index (χ2n) is 4.68. The third-order valence-corrected chi connectivity index (χ3v) is 3.86. The van der Waals surface area contributed by atoms with Crippen LogP contribution in [0, 0.1) is 0 Å². The number of hydrogen-bond donors (Lipinski definition) is 0. The Labute approximate surface area is 119 Å². The quantitative estimate of drug-likeness (QED) is 0.789. The zero-order valence-corrected chi connectivity index (χ0v) is 11.5. The zero-order chi connectivity index (χ0) is 13.1. The summed E-state index contributed by atoms with van der Waals surface area (Å²) in [5, 5.41) is 0.926. The van der Waals surface area contributed by atoms with Crippen LogP contribution in [0.2, 0.25) is 0 Å². The van der Waals surface area contributed by atoms with E-state index >= 15 is 0 Å². The van der Waals surface area contributed by atoms with Crippen LogP contribution in [0.1, 0.15) is 5.56 Å². The molecule has 1 heterocycles. The number of benzene rings is 2. The maximum Gasteiger partial charge on any atom is 0.176 e. The first-order valence-corrected chi connectivity index (χ1v) is 6.91. The smallest absolute Gasteiger partial charge is 0.176 e. The third kappa shape index (κ3) is 2.61. The van der Waals surface area contributed by atoms with E-state index in [2.05, 4.69) is 58.3 Å². The van der Waals surface area contributed by atoms with E-state index in [1.54, 1.807) is 0 Å². The lowest BCUT2D eigenvalue weighted by Crippen LogP contribution is -2.31. The van der Waals surface area contributed by atoms with Gasteiger partial charge in [-0.3, -0.25) is 0 Å². The van der Waals surface area contributed by atoms with Crippen molar-refractivity contribution in [1.29, 1.82) is 0 Å². The average molecular weight is 268 g/mol. The number of anilines is 1.